The van der Waals surface area contributed by atoms with Crippen molar-refractivity contribution in [3.63, 3.8) is 0 Å². The van der Waals surface area contributed by atoms with Crippen molar-refractivity contribution in [2.24, 2.45) is 0 Å². The molecule has 0 aliphatic carbocycles. The summed E-state index contributed by atoms with van der Waals surface area (Å²) in [6.45, 7) is 10.6. The van der Waals surface area contributed by atoms with Crippen LogP contribution in [0, 0.1) is 0 Å². The molecule has 0 fully saturated rings. The molecule has 0 heterocycles. The topological polar surface area (TPSA) is 12.5 Å². The monoisotopic (exact) mass is 217 g/mol. The molecule has 0 N–H and O–H groups in total. The molecule has 0 amide bonds. The summed E-state index contributed by atoms with van der Waals surface area (Å²) in [7, 11) is 3.71. The summed E-state index contributed by atoms with van der Waals surface area (Å²) in [5.41, 5.74) is 3.22. The summed E-state index contributed by atoms with van der Waals surface area (Å²) >= 11 is 0. The highest BCUT2D eigenvalue weighted by atomic mass is 16.5. The number of nitrogens with zero attached hydrogens (tertiary/aromatic N) is 1. The van der Waals surface area contributed by atoms with Gasteiger partial charge in [-0.1, -0.05) is 18.7 Å². The van der Waals surface area contributed by atoms with Crippen molar-refractivity contribution in [1.82, 2.24) is 0 Å². The van der Waals surface area contributed by atoms with Gasteiger partial charge in [0.2, 0.25) is 0 Å². The van der Waals surface area contributed by atoms with E-state index in [2.05, 4.69) is 18.1 Å². The second kappa shape index (κ2) is 5.40. The Bertz CT molecular complexity index is 378. The molecule has 0 bridgehead atoms. The first-order valence-corrected chi connectivity index (χ1v) is 5.23. The Balaban J connectivity index is 2.69. The molecule has 1 aromatic carbocycles. The fourth-order valence-corrected chi connectivity index (χ4v) is 1.35. The van der Waals surface area contributed by atoms with Crippen LogP contribution in [0.3, 0.4) is 0 Å². The van der Waals surface area contributed by atoms with Crippen molar-refractivity contribution < 1.29 is 4.74 Å². The van der Waals surface area contributed by atoms with Crippen molar-refractivity contribution in [3.05, 3.63) is 48.6 Å². The summed E-state index contributed by atoms with van der Waals surface area (Å²) in [5.74, 6) is 0.871. The highest BCUT2D eigenvalue weighted by Crippen LogP contribution is 2.19. The number of benzene rings is 1. The van der Waals surface area contributed by atoms with Gasteiger partial charge in [0.1, 0.15) is 5.75 Å². The Morgan fingerprint density at radius 3 is 2.25 bits per heavy atom. The zero-order valence-electron chi connectivity index (χ0n) is 10.3. The van der Waals surface area contributed by atoms with Crippen LogP contribution < -0.4 is 9.64 Å². The van der Waals surface area contributed by atoms with E-state index in [-0.39, 0.29) is 0 Å². The lowest BCUT2D eigenvalue weighted by atomic mass is 10.1. The molecule has 1 aromatic rings. The summed E-state index contributed by atoms with van der Waals surface area (Å²) < 4.78 is 5.12. The second-order valence-electron chi connectivity index (χ2n) is 3.94. The van der Waals surface area contributed by atoms with Gasteiger partial charge in [0.15, 0.2) is 0 Å². The third-order valence-corrected chi connectivity index (χ3v) is 2.54. The molecule has 0 aliphatic rings. The molecule has 2 heteroatoms. The zero-order valence-corrected chi connectivity index (χ0v) is 10.3. The van der Waals surface area contributed by atoms with Crippen LogP contribution in [0.1, 0.15) is 6.92 Å². The van der Waals surface area contributed by atoms with Gasteiger partial charge < -0.3 is 9.64 Å². The molecule has 0 radical (unpaired) electrons. The van der Waals surface area contributed by atoms with E-state index in [4.69, 9.17) is 4.74 Å². The van der Waals surface area contributed by atoms with Crippen molar-refractivity contribution in [1.29, 1.82) is 0 Å². The summed E-state index contributed by atoms with van der Waals surface area (Å²) in [6, 6.07) is 7.97. The van der Waals surface area contributed by atoms with Crippen molar-refractivity contribution in [2.45, 2.75) is 6.92 Å². The Labute approximate surface area is 97.8 Å². The molecule has 0 atom stereocenters. The molecular weight excluding hydrogens is 198 g/mol. The van der Waals surface area contributed by atoms with E-state index < -0.39 is 0 Å². The second-order valence-corrected chi connectivity index (χ2v) is 3.94. The first-order valence-electron chi connectivity index (χ1n) is 5.23. The first-order chi connectivity index (χ1) is 7.54. The molecule has 0 unspecified atom stereocenters. The minimum Gasteiger partial charge on any atom is -0.497 e. The van der Waals surface area contributed by atoms with Crippen molar-refractivity contribution in [2.75, 3.05) is 25.6 Å². The van der Waals surface area contributed by atoms with Crippen molar-refractivity contribution >= 4 is 5.69 Å². The summed E-state index contributed by atoms with van der Waals surface area (Å²) in [6.07, 6.45) is 0. The predicted octanol–water partition coefficient (Wildman–Crippen LogP) is 3.26. The van der Waals surface area contributed by atoms with E-state index in [1.165, 1.54) is 0 Å². The lowest BCUT2D eigenvalue weighted by Gasteiger charge is -2.20. The van der Waals surface area contributed by atoms with Crippen LogP contribution in [0.4, 0.5) is 5.69 Å². The maximum absolute atomic E-state index is 5.12. The van der Waals surface area contributed by atoms with Gasteiger partial charge in [-0.3, -0.25) is 0 Å². The summed E-state index contributed by atoms with van der Waals surface area (Å²) in [5, 5.41) is 0. The van der Waals surface area contributed by atoms with Gasteiger partial charge in [0.05, 0.1) is 7.11 Å². The molecule has 0 saturated heterocycles. The summed E-state index contributed by atoms with van der Waals surface area (Å²) in [4.78, 5) is 2.14. The molecule has 0 spiro atoms. The number of ether oxygens (including phenoxy) is 1. The van der Waals surface area contributed by atoms with E-state index in [1.54, 1.807) is 7.11 Å². The molecule has 1 rings (SSSR count). The van der Waals surface area contributed by atoms with Gasteiger partial charge in [0, 0.05) is 19.3 Å². The smallest absolute Gasteiger partial charge is 0.119 e. The van der Waals surface area contributed by atoms with Crippen molar-refractivity contribution in [3.8, 4) is 5.75 Å². The Morgan fingerprint density at radius 2 is 1.81 bits per heavy atom. The maximum atomic E-state index is 5.12. The largest absolute Gasteiger partial charge is 0.497 e. The van der Waals surface area contributed by atoms with E-state index >= 15 is 0 Å². The van der Waals surface area contributed by atoms with E-state index in [1.807, 2.05) is 38.2 Å². The molecule has 2 nitrogen and oxygen atoms in total. The van der Waals surface area contributed by atoms with Gasteiger partial charge in [-0.05, 0) is 36.8 Å². The van der Waals surface area contributed by atoms with Crippen LogP contribution in [0.25, 0.3) is 0 Å². The Hall–Kier alpha value is -1.70. The Morgan fingerprint density at radius 1 is 1.25 bits per heavy atom. The molecule has 86 valence electrons. The highest BCUT2D eigenvalue weighted by molar-refractivity contribution is 5.50. The highest BCUT2D eigenvalue weighted by Gasteiger charge is 2.03. The van der Waals surface area contributed by atoms with Gasteiger partial charge in [-0.25, -0.2) is 0 Å². The fourth-order valence-electron chi connectivity index (χ4n) is 1.35. The van der Waals surface area contributed by atoms with E-state index in [0.29, 0.717) is 0 Å². The number of anilines is 1. The maximum Gasteiger partial charge on any atom is 0.119 e. The minimum absolute atomic E-state index is 0.793. The van der Waals surface area contributed by atoms with Gasteiger partial charge in [-0.15, -0.1) is 0 Å². The number of hydrogen-bond acceptors (Lipinski definition) is 2. The first kappa shape index (κ1) is 12.4. The van der Waals surface area contributed by atoms with Crippen LogP contribution in [0.15, 0.2) is 48.6 Å². The van der Waals surface area contributed by atoms with Crippen LogP contribution in [0.2, 0.25) is 0 Å². The molecule has 0 aromatic heterocycles. The average molecular weight is 217 g/mol. The van der Waals surface area contributed by atoms with Gasteiger partial charge in [0.25, 0.3) is 0 Å². The third-order valence-electron chi connectivity index (χ3n) is 2.54. The number of hydrogen-bond donors (Lipinski definition) is 0. The lowest BCUT2D eigenvalue weighted by molar-refractivity contribution is 0.415. The molecule has 0 saturated carbocycles. The Kier molecular flexibility index (Phi) is 4.18. The molecular formula is C14H19NO. The van der Waals surface area contributed by atoms with E-state index in [9.17, 15) is 0 Å². The van der Waals surface area contributed by atoms with Gasteiger partial charge >= 0.3 is 0 Å². The zero-order chi connectivity index (χ0) is 12.1. The van der Waals surface area contributed by atoms with Crippen LogP contribution in [0.5, 0.6) is 5.75 Å². The average Bonchev–Trinajstić information content (AvgIpc) is 2.28. The standard InChI is InChI=1S/C14H19NO/c1-11(2)12(3)10-15(4)13-6-8-14(16-5)9-7-13/h6-9H,1,3,10H2,2,4-5H3. The number of methoxy groups -OCH3 is 1. The number of rotatable bonds is 5. The van der Waals surface area contributed by atoms with Crippen LogP contribution in [-0.2, 0) is 0 Å². The molecule has 16 heavy (non-hydrogen) atoms. The molecule has 0 aliphatic heterocycles. The van der Waals surface area contributed by atoms with Crippen LogP contribution >= 0.6 is 0 Å². The van der Waals surface area contributed by atoms with Crippen LogP contribution in [-0.4, -0.2) is 20.7 Å². The van der Waals surface area contributed by atoms with E-state index in [0.717, 1.165) is 29.1 Å². The fraction of sp³-hybridized carbons (Fsp3) is 0.286. The normalized spacial score (nSPS) is 9.69. The number of likely N-dealkylation sites (N-methyl/N-ethyl adjacent to an activating group) is 1. The van der Waals surface area contributed by atoms with Gasteiger partial charge in [-0.2, -0.15) is 0 Å². The predicted molar refractivity (Wildman–Crippen MR) is 70.2 cm³/mol. The minimum atomic E-state index is 0.793. The lowest BCUT2D eigenvalue weighted by Crippen LogP contribution is -2.19. The SMILES string of the molecule is C=C(C)C(=C)CN(C)c1ccc(OC)cc1. The third kappa shape index (κ3) is 3.16. The quantitative estimate of drug-likeness (QED) is 0.702.